The smallest absolute Gasteiger partial charge is 0.305 e. The number of hydrogen-bond donors (Lipinski definition) is 5. The number of hydrogen-bond acceptors (Lipinski definition) is 13. The Kier molecular flexibility index (Phi) is 18.1. The molecule has 2 saturated heterocycles. The number of carboxylic acid groups (broad SMARTS) is 1. The Hall–Kier alpha value is -5.36. The molecule has 4 aromatic heterocycles. The van der Waals surface area contributed by atoms with Crippen molar-refractivity contribution in [3.8, 4) is 0 Å². The van der Waals surface area contributed by atoms with E-state index in [9.17, 15) is 19.2 Å². The van der Waals surface area contributed by atoms with E-state index in [1.54, 1.807) is 0 Å². The highest BCUT2D eigenvalue weighted by molar-refractivity contribution is 5.93. The van der Waals surface area contributed by atoms with Gasteiger partial charge in [-0.15, -0.1) is 0 Å². The number of methoxy groups -OCH3 is 1. The molecule has 0 spiro atoms. The summed E-state index contributed by atoms with van der Waals surface area (Å²) in [6.45, 7) is 13.4. The summed E-state index contributed by atoms with van der Waals surface area (Å²) in [4.78, 5) is 56.2. The van der Waals surface area contributed by atoms with E-state index in [1.807, 2.05) is 35.6 Å². The number of aliphatic carboxylic acids is 1. The molecule has 0 aromatic carbocycles. The molecule has 0 radical (unpaired) electrons. The Bertz CT molecular complexity index is 2090. The predicted octanol–water partition coefficient (Wildman–Crippen LogP) is 5.04. The van der Waals surface area contributed by atoms with Gasteiger partial charge >= 0.3 is 11.9 Å². The van der Waals surface area contributed by atoms with Gasteiger partial charge < -0.3 is 40.6 Å². The van der Waals surface area contributed by atoms with Crippen LogP contribution in [-0.4, -0.2) is 104 Å². The first-order valence-electron chi connectivity index (χ1n) is 21.8. The van der Waals surface area contributed by atoms with Crippen molar-refractivity contribution < 1.29 is 38.5 Å². The third-order valence-electron chi connectivity index (χ3n) is 11.1. The van der Waals surface area contributed by atoms with E-state index in [-0.39, 0.29) is 43.5 Å². The molecule has 0 saturated carbocycles. The van der Waals surface area contributed by atoms with Gasteiger partial charge in [0.25, 0.3) is 0 Å². The van der Waals surface area contributed by atoms with Crippen LogP contribution in [0.25, 0.3) is 22.1 Å². The molecular weight excluding hydrogens is 785 g/mol. The Labute approximate surface area is 357 Å². The van der Waals surface area contributed by atoms with Crippen molar-refractivity contribution in [1.82, 2.24) is 40.2 Å². The number of aryl methyl sites for hydroxylation is 4. The summed E-state index contributed by atoms with van der Waals surface area (Å²) in [7, 11) is 1.35. The average molecular weight is 849 g/mol. The first-order chi connectivity index (χ1) is 29.6. The molecule has 6 rings (SSSR count). The van der Waals surface area contributed by atoms with Crippen molar-refractivity contribution in [2.24, 2.45) is 0 Å². The van der Waals surface area contributed by atoms with Gasteiger partial charge in [-0.2, -0.15) is 10.2 Å². The Morgan fingerprint density at radius 2 is 1.11 bits per heavy atom. The zero-order chi connectivity index (χ0) is 43.7. The number of ether oxygens (including phenoxy) is 3. The predicted molar refractivity (Wildman–Crippen MR) is 231 cm³/mol. The molecule has 0 bridgehead atoms. The SMILES string of the molecule is CCc1nc2c(cnn2CC)c(NC2CCOCC2)c1CNC(=O)CCCC(=O)O.CCc1nc2c(cnn2CC)c(NC2CCOCC2)c1CNC(=O)CCCC(=O)OC. The van der Waals surface area contributed by atoms with Crippen LogP contribution in [0, 0.1) is 0 Å². The number of carbonyl (C=O) groups excluding carboxylic acids is 3. The van der Waals surface area contributed by atoms with Crippen molar-refractivity contribution >= 4 is 57.2 Å². The molecule has 2 aliphatic rings. The fourth-order valence-electron chi connectivity index (χ4n) is 7.65. The number of esters is 1. The van der Waals surface area contributed by atoms with E-state index < -0.39 is 5.97 Å². The number of carbonyl (C=O) groups is 4. The molecule has 0 atom stereocenters. The molecular formula is C43H64N10O8. The monoisotopic (exact) mass is 848 g/mol. The van der Waals surface area contributed by atoms with Gasteiger partial charge in [0.2, 0.25) is 11.8 Å². The van der Waals surface area contributed by atoms with Gasteiger partial charge in [0.1, 0.15) is 0 Å². The summed E-state index contributed by atoms with van der Waals surface area (Å²) < 4.78 is 19.4. The van der Waals surface area contributed by atoms with Gasteiger partial charge in [-0.1, -0.05) is 13.8 Å². The van der Waals surface area contributed by atoms with Crippen LogP contribution in [0.5, 0.6) is 0 Å². The largest absolute Gasteiger partial charge is 0.481 e. The Morgan fingerprint density at radius 1 is 0.689 bits per heavy atom. The van der Waals surface area contributed by atoms with Crippen LogP contribution >= 0.6 is 0 Å². The number of amides is 2. The fraction of sp³-hybridized carbons (Fsp3) is 0.628. The number of aromatic nitrogens is 6. The second-order valence-corrected chi connectivity index (χ2v) is 15.2. The molecule has 2 fully saturated rings. The van der Waals surface area contributed by atoms with Crippen LogP contribution < -0.4 is 21.3 Å². The summed E-state index contributed by atoms with van der Waals surface area (Å²) in [5, 5.41) is 33.0. The van der Waals surface area contributed by atoms with E-state index in [4.69, 9.17) is 24.5 Å². The maximum atomic E-state index is 12.4. The lowest BCUT2D eigenvalue weighted by Gasteiger charge is -2.26. The zero-order valence-electron chi connectivity index (χ0n) is 36.4. The van der Waals surface area contributed by atoms with Crippen molar-refractivity contribution in [3.05, 3.63) is 34.9 Å². The number of nitrogens with zero attached hydrogens (tertiary/aromatic N) is 6. The molecule has 4 aromatic rings. The summed E-state index contributed by atoms with van der Waals surface area (Å²) >= 11 is 0. The second-order valence-electron chi connectivity index (χ2n) is 15.2. The number of fused-ring (bicyclic) bond motifs is 2. The summed E-state index contributed by atoms with van der Waals surface area (Å²) in [5.41, 5.74) is 7.54. The molecule has 61 heavy (non-hydrogen) atoms. The topological polar surface area (TPSA) is 226 Å². The highest BCUT2D eigenvalue weighted by Gasteiger charge is 2.24. The van der Waals surface area contributed by atoms with Gasteiger partial charge in [0, 0.05) is 113 Å². The van der Waals surface area contributed by atoms with E-state index in [0.717, 1.165) is 134 Å². The molecule has 6 heterocycles. The number of rotatable bonds is 20. The lowest BCUT2D eigenvalue weighted by molar-refractivity contribution is -0.141. The normalized spacial score (nSPS) is 14.6. The Morgan fingerprint density at radius 3 is 1.49 bits per heavy atom. The maximum absolute atomic E-state index is 12.4. The summed E-state index contributed by atoms with van der Waals surface area (Å²) in [6.07, 6.45) is 10.4. The molecule has 0 aliphatic carbocycles. The van der Waals surface area contributed by atoms with E-state index >= 15 is 0 Å². The zero-order valence-corrected chi connectivity index (χ0v) is 36.4. The standard InChI is InChI=1S/C22H33N5O4.C21H31N5O4/c1-4-18-16(13-23-19(28)7-6-8-20(29)30-3)21(25-15-9-11-31-12-10-15)17-14-24-27(5-2)22(17)26-18;1-3-17-15(12-22-18(27)6-5-7-19(28)29)20(24-14-8-10-30-11-9-14)16-13-23-26(4-2)21(16)25-17/h14-15H,4-13H2,1-3H3,(H,23,28)(H,25,26);13-14H,3-12H2,1-2H3,(H,22,27)(H,24,25)(H,28,29). The van der Waals surface area contributed by atoms with Crippen molar-refractivity contribution in [1.29, 1.82) is 0 Å². The molecule has 2 amide bonds. The summed E-state index contributed by atoms with van der Waals surface area (Å²) in [5.74, 6) is -1.43. The number of pyridine rings is 2. The number of nitrogens with one attached hydrogen (secondary N) is 4. The van der Waals surface area contributed by atoms with Crippen molar-refractivity contribution in [2.75, 3.05) is 44.2 Å². The van der Waals surface area contributed by atoms with E-state index in [2.05, 4.69) is 50.0 Å². The third-order valence-corrected chi connectivity index (χ3v) is 11.1. The lowest BCUT2D eigenvalue weighted by atomic mass is 10.0. The van der Waals surface area contributed by atoms with Gasteiger partial charge in [-0.3, -0.25) is 19.2 Å². The molecule has 2 aliphatic heterocycles. The van der Waals surface area contributed by atoms with Crippen LogP contribution in [0.1, 0.15) is 114 Å². The van der Waals surface area contributed by atoms with Crippen molar-refractivity contribution in [2.45, 2.75) is 143 Å². The minimum absolute atomic E-state index is 0.00605. The van der Waals surface area contributed by atoms with Gasteiger partial charge in [-0.25, -0.2) is 19.3 Å². The van der Waals surface area contributed by atoms with Crippen LogP contribution in [0.4, 0.5) is 11.4 Å². The number of carboxylic acids is 1. The molecule has 334 valence electrons. The molecule has 18 heteroatoms. The van der Waals surface area contributed by atoms with E-state index in [1.165, 1.54) is 7.11 Å². The first kappa shape index (κ1) is 46.7. The van der Waals surface area contributed by atoms with E-state index in [0.29, 0.717) is 38.0 Å². The van der Waals surface area contributed by atoms with Gasteiger partial charge in [0.15, 0.2) is 11.3 Å². The molecule has 0 unspecified atom stereocenters. The number of anilines is 2. The quantitative estimate of drug-likeness (QED) is 0.0735. The highest BCUT2D eigenvalue weighted by atomic mass is 16.5. The minimum Gasteiger partial charge on any atom is -0.481 e. The van der Waals surface area contributed by atoms with Crippen LogP contribution in [-0.2, 0) is 72.4 Å². The van der Waals surface area contributed by atoms with Crippen LogP contribution in [0.2, 0.25) is 0 Å². The van der Waals surface area contributed by atoms with Gasteiger partial charge in [-0.05, 0) is 65.2 Å². The molecule has 5 N–H and O–H groups in total. The Balaban J connectivity index is 0.000000231. The fourth-order valence-corrected chi connectivity index (χ4v) is 7.65. The third kappa shape index (κ3) is 12.8. The van der Waals surface area contributed by atoms with Gasteiger partial charge in [0.05, 0.1) is 41.7 Å². The van der Waals surface area contributed by atoms with Crippen LogP contribution in [0.3, 0.4) is 0 Å². The lowest BCUT2D eigenvalue weighted by Crippen LogP contribution is -2.30. The summed E-state index contributed by atoms with van der Waals surface area (Å²) in [6, 6.07) is 0.604. The first-order valence-corrected chi connectivity index (χ1v) is 21.8. The second kappa shape index (κ2) is 23.6. The molecule has 18 nitrogen and oxygen atoms in total. The van der Waals surface area contributed by atoms with Crippen molar-refractivity contribution in [3.63, 3.8) is 0 Å². The average Bonchev–Trinajstić information content (AvgIpc) is 3.89. The maximum Gasteiger partial charge on any atom is 0.305 e. The minimum atomic E-state index is -0.887. The highest BCUT2D eigenvalue weighted by Crippen LogP contribution is 2.33. The van der Waals surface area contributed by atoms with Crippen LogP contribution in [0.15, 0.2) is 12.4 Å².